The lowest BCUT2D eigenvalue weighted by molar-refractivity contribution is 0.112. The highest BCUT2D eigenvalue weighted by Gasteiger charge is 2.10. The van der Waals surface area contributed by atoms with Crippen LogP contribution in [0.15, 0.2) is 42.5 Å². The minimum Gasteiger partial charge on any atom is -0.340 e. The van der Waals surface area contributed by atoms with E-state index in [9.17, 15) is 4.79 Å². The zero-order valence-electron chi connectivity index (χ0n) is 13.9. The maximum absolute atomic E-state index is 11.1. The Morgan fingerprint density at radius 1 is 0.870 bits per heavy atom. The number of carbonyl (C=O) groups excluding carboxylic acids is 1. The average molecular weight is 307 g/mol. The number of hydrogen-bond donors (Lipinski definition) is 0. The summed E-state index contributed by atoms with van der Waals surface area (Å²) in [5.74, 6) is 0. The van der Waals surface area contributed by atoms with Gasteiger partial charge in [0.25, 0.3) is 0 Å². The third-order valence-corrected chi connectivity index (χ3v) is 4.67. The highest BCUT2D eigenvalue weighted by Crippen LogP contribution is 2.30. The van der Waals surface area contributed by atoms with Gasteiger partial charge in [-0.05, 0) is 30.7 Å². The number of nitrogens with zero attached hydrogens (tertiary/aromatic N) is 1. The summed E-state index contributed by atoms with van der Waals surface area (Å²) in [6.45, 7) is 3.31. The van der Waals surface area contributed by atoms with Crippen molar-refractivity contribution in [3.05, 3.63) is 48.0 Å². The Labute approximate surface area is 138 Å². The van der Waals surface area contributed by atoms with Gasteiger partial charge in [0, 0.05) is 33.9 Å². The fourth-order valence-electron chi connectivity index (χ4n) is 3.44. The zero-order chi connectivity index (χ0) is 16.1. The molecule has 1 aromatic heterocycles. The standard InChI is InChI=1S/C21H25NO/c1-2-3-4-5-6-9-14-22-20-11-8-7-10-18(20)19-15-17(16-23)12-13-21(19)22/h7-8,10-13,15-16H,2-6,9,14H2,1H3. The van der Waals surface area contributed by atoms with Crippen LogP contribution in [0.4, 0.5) is 0 Å². The van der Waals surface area contributed by atoms with Gasteiger partial charge >= 0.3 is 0 Å². The number of aromatic nitrogens is 1. The molecule has 2 nitrogen and oxygen atoms in total. The van der Waals surface area contributed by atoms with E-state index in [4.69, 9.17) is 0 Å². The minimum absolute atomic E-state index is 0.750. The van der Waals surface area contributed by atoms with Crippen molar-refractivity contribution in [3.63, 3.8) is 0 Å². The highest BCUT2D eigenvalue weighted by atomic mass is 16.1. The number of unbranched alkanes of at least 4 members (excludes halogenated alkanes) is 5. The normalized spacial score (nSPS) is 11.3. The van der Waals surface area contributed by atoms with E-state index in [-0.39, 0.29) is 0 Å². The van der Waals surface area contributed by atoms with E-state index in [0.717, 1.165) is 18.4 Å². The summed E-state index contributed by atoms with van der Waals surface area (Å²) in [6.07, 6.45) is 8.77. The molecule has 3 aromatic rings. The Balaban J connectivity index is 1.87. The van der Waals surface area contributed by atoms with Crippen molar-refractivity contribution in [1.29, 1.82) is 0 Å². The predicted octanol–water partition coefficient (Wildman–Crippen LogP) is 5.97. The van der Waals surface area contributed by atoms with Crippen molar-refractivity contribution in [3.8, 4) is 0 Å². The van der Waals surface area contributed by atoms with Gasteiger partial charge in [-0.3, -0.25) is 4.79 Å². The molecule has 2 aromatic carbocycles. The molecule has 23 heavy (non-hydrogen) atoms. The molecule has 0 saturated carbocycles. The van der Waals surface area contributed by atoms with Gasteiger partial charge in [0.1, 0.15) is 6.29 Å². The lowest BCUT2D eigenvalue weighted by atomic mass is 10.1. The summed E-state index contributed by atoms with van der Waals surface area (Å²) in [5, 5.41) is 2.44. The van der Waals surface area contributed by atoms with Crippen LogP contribution < -0.4 is 0 Å². The maximum atomic E-state index is 11.1. The van der Waals surface area contributed by atoms with Gasteiger partial charge in [0.05, 0.1) is 0 Å². The first-order valence-electron chi connectivity index (χ1n) is 8.81. The lowest BCUT2D eigenvalue weighted by Crippen LogP contribution is -1.97. The van der Waals surface area contributed by atoms with Gasteiger partial charge in [-0.2, -0.15) is 0 Å². The molecule has 1 heterocycles. The van der Waals surface area contributed by atoms with Gasteiger partial charge < -0.3 is 4.57 Å². The Bertz CT molecular complexity index is 800. The van der Waals surface area contributed by atoms with Gasteiger partial charge in [-0.25, -0.2) is 0 Å². The monoisotopic (exact) mass is 307 g/mol. The van der Waals surface area contributed by atoms with Crippen LogP contribution in [0.25, 0.3) is 21.8 Å². The van der Waals surface area contributed by atoms with Crippen LogP contribution in [0.3, 0.4) is 0 Å². The third kappa shape index (κ3) is 3.31. The van der Waals surface area contributed by atoms with E-state index in [1.54, 1.807) is 0 Å². The second kappa shape index (κ2) is 7.45. The molecule has 0 amide bonds. The van der Waals surface area contributed by atoms with Crippen LogP contribution in [0.5, 0.6) is 0 Å². The van der Waals surface area contributed by atoms with E-state index in [1.165, 1.54) is 60.3 Å². The molecule has 0 unspecified atom stereocenters. The Morgan fingerprint density at radius 3 is 2.43 bits per heavy atom. The quantitative estimate of drug-likeness (QED) is 0.371. The second-order valence-electron chi connectivity index (χ2n) is 6.33. The number of aryl methyl sites for hydroxylation is 1. The van der Waals surface area contributed by atoms with Gasteiger partial charge in [-0.1, -0.05) is 57.2 Å². The molecule has 0 aliphatic heterocycles. The van der Waals surface area contributed by atoms with Crippen molar-refractivity contribution in [1.82, 2.24) is 4.57 Å². The molecule has 0 atom stereocenters. The SMILES string of the molecule is CCCCCCCCn1c2ccccc2c2cc(C=O)ccc21. The molecular formula is C21H25NO. The summed E-state index contributed by atoms with van der Waals surface area (Å²) >= 11 is 0. The number of benzene rings is 2. The van der Waals surface area contributed by atoms with Crippen LogP contribution in [0, 0.1) is 0 Å². The molecule has 0 N–H and O–H groups in total. The van der Waals surface area contributed by atoms with Gasteiger partial charge in [0.15, 0.2) is 0 Å². The number of carbonyl (C=O) groups is 1. The van der Waals surface area contributed by atoms with Crippen molar-refractivity contribution in [2.24, 2.45) is 0 Å². The average Bonchev–Trinajstić information content (AvgIpc) is 2.91. The van der Waals surface area contributed by atoms with E-state index < -0.39 is 0 Å². The van der Waals surface area contributed by atoms with Crippen molar-refractivity contribution < 1.29 is 4.79 Å². The molecule has 3 rings (SSSR count). The molecule has 0 radical (unpaired) electrons. The van der Waals surface area contributed by atoms with E-state index in [1.807, 2.05) is 12.1 Å². The zero-order valence-corrected chi connectivity index (χ0v) is 13.9. The molecule has 0 aliphatic rings. The fraction of sp³-hybridized carbons (Fsp3) is 0.381. The highest BCUT2D eigenvalue weighted by molar-refractivity contribution is 6.09. The first-order valence-corrected chi connectivity index (χ1v) is 8.81. The van der Waals surface area contributed by atoms with Crippen molar-refractivity contribution in [2.45, 2.75) is 52.0 Å². The Kier molecular flexibility index (Phi) is 5.12. The lowest BCUT2D eigenvalue weighted by Gasteiger charge is -2.07. The molecule has 0 bridgehead atoms. The molecule has 2 heteroatoms. The minimum atomic E-state index is 0.750. The van der Waals surface area contributed by atoms with Gasteiger partial charge in [-0.15, -0.1) is 0 Å². The number of aldehydes is 1. The molecule has 120 valence electrons. The van der Waals surface area contributed by atoms with Crippen LogP contribution in [-0.2, 0) is 6.54 Å². The van der Waals surface area contributed by atoms with E-state index in [0.29, 0.717) is 0 Å². The number of rotatable bonds is 8. The number of para-hydroxylation sites is 1. The summed E-state index contributed by atoms with van der Waals surface area (Å²) < 4.78 is 2.42. The summed E-state index contributed by atoms with van der Waals surface area (Å²) in [6, 6.07) is 14.5. The molecule has 0 aliphatic carbocycles. The largest absolute Gasteiger partial charge is 0.340 e. The number of fused-ring (bicyclic) bond motifs is 3. The summed E-state index contributed by atoms with van der Waals surface area (Å²) in [7, 11) is 0. The van der Waals surface area contributed by atoms with Crippen molar-refractivity contribution in [2.75, 3.05) is 0 Å². The van der Waals surface area contributed by atoms with Gasteiger partial charge in [0.2, 0.25) is 0 Å². The third-order valence-electron chi connectivity index (χ3n) is 4.67. The topological polar surface area (TPSA) is 22.0 Å². The Hall–Kier alpha value is -2.09. The van der Waals surface area contributed by atoms with E-state index >= 15 is 0 Å². The summed E-state index contributed by atoms with van der Waals surface area (Å²) in [4.78, 5) is 11.1. The molecular weight excluding hydrogens is 282 g/mol. The predicted molar refractivity (Wildman–Crippen MR) is 98.2 cm³/mol. The fourth-order valence-corrected chi connectivity index (χ4v) is 3.44. The summed E-state index contributed by atoms with van der Waals surface area (Å²) in [5.41, 5.74) is 3.27. The Morgan fingerprint density at radius 2 is 1.61 bits per heavy atom. The molecule has 0 saturated heterocycles. The molecule has 0 fully saturated rings. The van der Waals surface area contributed by atoms with E-state index in [2.05, 4.69) is 41.8 Å². The van der Waals surface area contributed by atoms with Crippen LogP contribution in [0.2, 0.25) is 0 Å². The van der Waals surface area contributed by atoms with Crippen LogP contribution in [0.1, 0.15) is 55.8 Å². The van der Waals surface area contributed by atoms with Crippen LogP contribution >= 0.6 is 0 Å². The maximum Gasteiger partial charge on any atom is 0.150 e. The van der Waals surface area contributed by atoms with Crippen molar-refractivity contribution >= 4 is 28.1 Å². The number of hydrogen-bond acceptors (Lipinski definition) is 1. The molecule has 0 spiro atoms. The van der Waals surface area contributed by atoms with Crippen LogP contribution in [-0.4, -0.2) is 10.9 Å². The first kappa shape index (κ1) is 15.8. The first-order chi connectivity index (χ1) is 11.3. The smallest absolute Gasteiger partial charge is 0.150 e. The second-order valence-corrected chi connectivity index (χ2v) is 6.33.